The van der Waals surface area contributed by atoms with Gasteiger partial charge in [0.05, 0.1) is 25.1 Å². The van der Waals surface area contributed by atoms with E-state index in [2.05, 4.69) is 53.8 Å². The quantitative estimate of drug-likeness (QED) is 0.431. The van der Waals surface area contributed by atoms with Gasteiger partial charge in [0, 0.05) is 23.7 Å². The fraction of sp³-hybridized carbons (Fsp3) is 0.400. The summed E-state index contributed by atoms with van der Waals surface area (Å²) in [5.41, 5.74) is 4.62. The Hall–Kier alpha value is -3.43. The lowest BCUT2D eigenvalue weighted by Crippen LogP contribution is -2.44. The number of nitrogens with zero attached hydrogens (tertiary/aromatic N) is 2. The van der Waals surface area contributed by atoms with Gasteiger partial charge in [-0.25, -0.2) is 4.39 Å². The highest BCUT2D eigenvalue weighted by atomic mass is 19.1. The molecule has 36 heavy (non-hydrogen) atoms. The SMILES string of the molecule is COc1ccc2nccc(C(F)CC[C@@H]3CCN(CC#Cc4cc(C)cc(C)c4)C[C@@H]3C(=O)O)c2c1. The Bertz CT molecular complexity index is 1280. The van der Waals surface area contributed by atoms with E-state index in [4.69, 9.17) is 4.74 Å². The standard InChI is InChI=1S/C30H33FN2O3/c1-20-15-21(2)17-22(16-20)5-4-13-33-14-11-23(27(19-33)30(34)35)6-8-28(31)25-10-12-32-29-9-7-24(36-3)18-26(25)29/h7,9-10,12,15-18,23,27-28H,6,8,11,13-14,19H2,1-3H3,(H,34,35)/t23-,27+,28?/m1/s1. The summed E-state index contributed by atoms with van der Waals surface area (Å²) in [5, 5.41) is 10.6. The second-order valence-electron chi connectivity index (χ2n) is 9.73. The summed E-state index contributed by atoms with van der Waals surface area (Å²) in [6, 6.07) is 13.4. The Morgan fingerprint density at radius 3 is 2.72 bits per heavy atom. The third kappa shape index (κ3) is 6.22. The number of pyridine rings is 1. The lowest BCUT2D eigenvalue weighted by atomic mass is 9.81. The van der Waals surface area contributed by atoms with Crippen LogP contribution in [-0.2, 0) is 4.79 Å². The monoisotopic (exact) mass is 488 g/mol. The average molecular weight is 489 g/mol. The zero-order valence-electron chi connectivity index (χ0n) is 21.1. The number of benzene rings is 2. The van der Waals surface area contributed by atoms with Gasteiger partial charge in [-0.15, -0.1) is 0 Å². The van der Waals surface area contributed by atoms with E-state index in [0.717, 1.165) is 29.4 Å². The number of aromatic nitrogens is 1. The van der Waals surface area contributed by atoms with E-state index < -0.39 is 18.1 Å². The lowest BCUT2D eigenvalue weighted by Gasteiger charge is -2.35. The van der Waals surface area contributed by atoms with Crippen molar-refractivity contribution in [2.24, 2.45) is 11.8 Å². The number of rotatable bonds is 7. The number of hydrogen-bond donors (Lipinski definition) is 1. The number of methoxy groups -OCH3 is 1. The van der Waals surface area contributed by atoms with E-state index in [1.165, 1.54) is 11.1 Å². The summed E-state index contributed by atoms with van der Waals surface area (Å²) in [6.07, 6.45) is 1.94. The number of fused-ring (bicyclic) bond motifs is 1. The molecule has 188 valence electrons. The van der Waals surface area contributed by atoms with Crippen molar-refractivity contribution >= 4 is 16.9 Å². The molecule has 0 amide bonds. The Labute approximate surface area is 212 Å². The first-order valence-corrected chi connectivity index (χ1v) is 12.4. The van der Waals surface area contributed by atoms with Crippen molar-refractivity contribution in [2.75, 3.05) is 26.7 Å². The first-order chi connectivity index (χ1) is 17.3. The van der Waals surface area contributed by atoms with E-state index in [9.17, 15) is 9.90 Å². The van der Waals surface area contributed by atoms with Crippen LogP contribution in [0.1, 0.15) is 47.7 Å². The van der Waals surface area contributed by atoms with Gasteiger partial charge >= 0.3 is 5.97 Å². The Balaban J connectivity index is 1.38. The molecule has 1 aliphatic rings. The van der Waals surface area contributed by atoms with Crippen LogP contribution < -0.4 is 4.74 Å². The molecule has 2 heterocycles. The van der Waals surface area contributed by atoms with Crippen LogP contribution in [0.2, 0.25) is 0 Å². The van der Waals surface area contributed by atoms with E-state index in [-0.39, 0.29) is 12.3 Å². The highest BCUT2D eigenvalue weighted by molar-refractivity contribution is 5.83. The van der Waals surface area contributed by atoms with Crippen molar-refractivity contribution in [3.63, 3.8) is 0 Å². The minimum atomic E-state index is -1.20. The predicted molar refractivity (Wildman–Crippen MR) is 140 cm³/mol. The summed E-state index contributed by atoms with van der Waals surface area (Å²) in [7, 11) is 1.58. The molecule has 6 heteroatoms. The van der Waals surface area contributed by atoms with Crippen molar-refractivity contribution < 1.29 is 19.0 Å². The van der Waals surface area contributed by atoms with Crippen LogP contribution in [0.25, 0.3) is 10.9 Å². The number of ether oxygens (including phenoxy) is 1. The maximum Gasteiger partial charge on any atom is 0.308 e. The molecule has 1 fully saturated rings. The van der Waals surface area contributed by atoms with E-state index >= 15 is 4.39 Å². The summed E-state index contributed by atoms with van der Waals surface area (Å²) < 4.78 is 20.7. The van der Waals surface area contributed by atoms with Gasteiger partial charge in [-0.3, -0.25) is 14.7 Å². The zero-order valence-corrected chi connectivity index (χ0v) is 21.1. The molecule has 1 aromatic heterocycles. The molecule has 0 bridgehead atoms. The van der Waals surface area contributed by atoms with Crippen LogP contribution in [0.5, 0.6) is 5.75 Å². The molecule has 3 aromatic rings. The normalized spacial score (nSPS) is 18.9. The van der Waals surface area contributed by atoms with Crippen LogP contribution in [0.15, 0.2) is 48.7 Å². The number of hydrogen-bond acceptors (Lipinski definition) is 4. The highest BCUT2D eigenvalue weighted by Crippen LogP contribution is 2.35. The maximum atomic E-state index is 15.4. The molecule has 1 unspecified atom stereocenters. The number of likely N-dealkylation sites (tertiary alicyclic amines) is 1. The van der Waals surface area contributed by atoms with E-state index in [1.54, 1.807) is 19.4 Å². The fourth-order valence-corrected chi connectivity index (χ4v) is 5.20. The maximum absolute atomic E-state index is 15.4. The second kappa shape index (κ2) is 11.5. The molecule has 0 saturated carbocycles. The number of aliphatic carboxylic acids is 1. The molecule has 4 rings (SSSR count). The van der Waals surface area contributed by atoms with E-state index in [1.807, 2.05) is 18.2 Å². The molecule has 2 aromatic carbocycles. The van der Waals surface area contributed by atoms with Gasteiger partial charge in [0.25, 0.3) is 0 Å². The van der Waals surface area contributed by atoms with Crippen molar-refractivity contribution in [1.29, 1.82) is 0 Å². The number of carbonyl (C=O) groups is 1. The van der Waals surface area contributed by atoms with Gasteiger partial charge in [0.1, 0.15) is 11.9 Å². The molecule has 1 N–H and O–H groups in total. The first-order valence-electron chi connectivity index (χ1n) is 12.4. The number of halogens is 1. The Morgan fingerprint density at radius 2 is 2.00 bits per heavy atom. The number of piperidine rings is 1. The average Bonchev–Trinajstić information content (AvgIpc) is 2.86. The molecular weight excluding hydrogens is 455 g/mol. The van der Waals surface area contributed by atoms with Crippen LogP contribution in [0.3, 0.4) is 0 Å². The minimum Gasteiger partial charge on any atom is -0.497 e. The molecule has 0 aliphatic carbocycles. The summed E-state index contributed by atoms with van der Waals surface area (Å²) in [5.74, 6) is 5.66. The zero-order chi connectivity index (χ0) is 25.7. The van der Waals surface area contributed by atoms with Crippen molar-refractivity contribution in [3.8, 4) is 17.6 Å². The number of alkyl halides is 1. The van der Waals surface area contributed by atoms with Crippen molar-refractivity contribution in [1.82, 2.24) is 9.88 Å². The molecule has 1 aliphatic heterocycles. The number of carboxylic acid groups (broad SMARTS) is 1. The lowest BCUT2D eigenvalue weighted by molar-refractivity contribution is -0.146. The van der Waals surface area contributed by atoms with Crippen LogP contribution in [0, 0.1) is 37.5 Å². The highest BCUT2D eigenvalue weighted by Gasteiger charge is 2.34. The third-order valence-corrected chi connectivity index (χ3v) is 7.03. The van der Waals surface area contributed by atoms with Gasteiger partial charge in [-0.2, -0.15) is 0 Å². The summed E-state index contributed by atoms with van der Waals surface area (Å²) in [6.45, 7) is 5.84. The molecule has 0 spiro atoms. The predicted octanol–water partition coefficient (Wildman–Crippen LogP) is 5.73. The van der Waals surface area contributed by atoms with Crippen molar-refractivity contribution in [2.45, 2.75) is 39.3 Å². The van der Waals surface area contributed by atoms with Gasteiger partial charge < -0.3 is 9.84 Å². The topological polar surface area (TPSA) is 62.7 Å². The molecular formula is C30H33FN2O3. The number of aryl methyl sites for hydroxylation is 2. The summed E-state index contributed by atoms with van der Waals surface area (Å²) in [4.78, 5) is 18.5. The van der Waals surface area contributed by atoms with Gasteiger partial charge in [0.2, 0.25) is 0 Å². The second-order valence-corrected chi connectivity index (χ2v) is 9.73. The number of carboxylic acids is 1. The van der Waals surface area contributed by atoms with Crippen LogP contribution in [0.4, 0.5) is 4.39 Å². The first kappa shape index (κ1) is 25.7. The summed E-state index contributed by atoms with van der Waals surface area (Å²) >= 11 is 0. The van der Waals surface area contributed by atoms with Crippen LogP contribution in [-0.4, -0.2) is 47.7 Å². The molecule has 1 saturated heterocycles. The fourth-order valence-electron chi connectivity index (χ4n) is 5.20. The van der Waals surface area contributed by atoms with E-state index in [0.29, 0.717) is 30.8 Å². The largest absolute Gasteiger partial charge is 0.497 e. The van der Waals surface area contributed by atoms with Gasteiger partial charge in [0.15, 0.2) is 0 Å². The smallest absolute Gasteiger partial charge is 0.308 e. The Morgan fingerprint density at radius 1 is 1.22 bits per heavy atom. The molecule has 5 nitrogen and oxygen atoms in total. The van der Waals surface area contributed by atoms with Gasteiger partial charge in [-0.1, -0.05) is 17.9 Å². The molecule has 3 atom stereocenters. The van der Waals surface area contributed by atoms with Crippen molar-refractivity contribution in [3.05, 3.63) is 70.9 Å². The van der Waals surface area contributed by atoms with Gasteiger partial charge in [-0.05, 0) is 98.7 Å². The minimum absolute atomic E-state index is 0.0629. The molecule has 0 radical (unpaired) electrons. The third-order valence-electron chi connectivity index (χ3n) is 7.03. The Kier molecular flexibility index (Phi) is 8.22. The van der Waals surface area contributed by atoms with Crippen LogP contribution >= 0.6 is 0 Å².